The van der Waals surface area contributed by atoms with Crippen LogP contribution in [0.3, 0.4) is 0 Å². The average Bonchev–Trinajstić information content (AvgIpc) is 3.23. The van der Waals surface area contributed by atoms with Gasteiger partial charge in [0.15, 0.2) is 11.5 Å². The van der Waals surface area contributed by atoms with E-state index in [1.165, 1.54) is 10.4 Å². The summed E-state index contributed by atoms with van der Waals surface area (Å²) in [6.45, 7) is 10.1. The molecule has 0 N–H and O–H groups in total. The number of benzene rings is 1. The van der Waals surface area contributed by atoms with Gasteiger partial charge in [0.05, 0.1) is 27.3 Å². The first-order chi connectivity index (χ1) is 16.3. The van der Waals surface area contributed by atoms with E-state index in [2.05, 4.69) is 39.1 Å². The Labute approximate surface area is 208 Å². The zero-order valence-corrected chi connectivity index (χ0v) is 22.4. The maximum absolute atomic E-state index is 13.5. The monoisotopic (exact) mass is 488 g/mol. The molecule has 2 amide bonds. The molecule has 7 heteroatoms. The first kappa shape index (κ1) is 27.7. The molecule has 0 aliphatic carbocycles. The van der Waals surface area contributed by atoms with E-state index < -0.39 is 0 Å². The van der Waals surface area contributed by atoms with Crippen LogP contribution in [-0.4, -0.2) is 55.5 Å². The first-order valence-corrected chi connectivity index (χ1v) is 13.0. The molecule has 0 aliphatic rings. The highest BCUT2D eigenvalue weighted by Crippen LogP contribution is 2.28. The van der Waals surface area contributed by atoms with Crippen molar-refractivity contribution in [3.8, 4) is 11.5 Å². The fourth-order valence-corrected chi connectivity index (χ4v) is 4.70. The number of amides is 2. The summed E-state index contributed by atoms with van der Waals surface area (Å²) in [4.78, 5) is 31.1. The van der Waals surface area contributed by atoms with Gasteiger partial charge in [-0.05, 0) is 60.4 Å². The summed E-state index contributed by atoms with van der Waals surface area (Å²) in [6, 6.07) is 7.92. The van der Waals surface area contributed by atoms with Crippen LogP contribution in [0.25, 0.3) is 0 Å². The Balaban J connectivity index is 2.18. The number of thiophene rings is 1. The van der Waals surface area contributed by atoms with Crippen LogP contribution in [0.4, 0.5) is 0 Å². The lowest BCUT2D eigenvalue weighted by Gasteiger charge is -2.29. The second kappa shape index (κ2) is 14.0. The smallest absolute Gasteiger partial charge is 0.242 e. The third kappa shape index (κ3) is 8.35. The predicted molar refractivity (Wildman–Crippen MR) is 139 cm³/mol. The molecule has 1 aromatic heterocycles. The van der Waals surface area contributed by atoms with E-state index in [0.717, 1.165) is 18.4 Å². The number of unbranched alkanes of at least 4 members (excludes halogenated alkanes) is 1. The molecule has 0 aliphatic heterocycles. The van der Waals surface area contributed by atoms with E-state index in [1.54, 1.807) is 30.5 Å². The largest absolute Gasteiger partial charge is 0.493 e. The molecular formula is C27H40N2O4S. The molecule has 0 radical (unpaired) electrons. The zero-order valence-electron chi connectivity index (χ0n) is 21.6. The van der Waals surface area contributed by atoms with Gasteiger partial charge in [0, 0.05) is 24.4 Å². The number of nitrogens with zero attached hydrogens (tertiary/aromatic N) is 2. The molecule has 34 heavy (non-hydrogen) atoms. The Kier molecular flexibility index (Phi) is 11.4. The molecular weight excluding hydrogens is 448 g/mol. The molecule has 0 unspecified atom stereocenters. The van der Waals surface area contributed by atoms with Gasteiger partial charge in [-0.3, -0.25) is 9.59 Å². The van der Waals surface area contributed by atoms with Crippen molar-refractivity contribution in [3.05, 3.63) is 45.6 Å². The highest BCUT2D eigenvalue weighted by Gasteiger charge is 2.23. The summed E-state index contributed by atoms with van der Waals surface area (Å²) in [5.41, 5.74) is 2.25. The number of ether oxygens (including phenoxy) is 2. The molecule has 0 fully saturated rings. The standard InChI is InChI=1S/C27H40N2O4S/c1-7-8-9-26(30)29(17-20(2)3)19-27(31)28(18-25-21(4)13-15-34-25)14-12-22-10-11-23(32-5)24(16-22)33-6/h10-11,13,15-16,20H,7-9,12,14,17-19H2,1-6H3. The second-order valence-electron chi connectivity index (χ2n) is 9.05. The lowest BCUT2D eigenvalue weighted by Crippen LogP contribution is -2.44. The summed E-state index contributed by atoms with van der Waals surface area (Å²) in [7, 11) is 3.24. The minimum absolute atomic E-state index is 0.0150. The van der Waals surface area contributed by atoms with E-state index in [1.807, 2.05) is 23.1 Å². The lowest BCUT2D eigenvalue weighted by molar-refractivity contribution is -0.141. The van der Waals surface area contributed by atoms with Gasteiger partial charge in [0.25, 0.3) is 0 Å². The Morgan fingerprint density at radius 2 is 1.76 bits per heavy atom. The summed E-state index contributed by atoms with van der Waals surface area (Å²) in [5, 5.41) is 2.06. The van der Waals surface area contributed by atoms with E-state index >= 15 is 0 Å². The molecule has 1 aromatic carbocycles. The second-order valence-corrected chi connectivity index (χ2v) is 10.1. The van der Waals surface area contributed by atoms with Crippen molar-refractivity contribution in [2.45, 2.75) is 59.9 Å². The number of hydrogen-bond donors (Lipinski definition) is 0. The van der Waals surface area contributed by atoms with Gasteiger partial charge in [-0.2, -0.15) is 0 Å². The van der Waals surface area contributed by atoms with Crippen LogP contribution in [0.5, 0.6) is 11.5 Å². The number of carbonyl (C=O) groups excluding carboxylic acids is 2. The minimum Gasteiger partial charge on any atom is -0.493 e. The van der Waals surface area contributed by atoms with Crippen molar-refractivity contribution in [2.75, 3.05) is 33.9 Å². The summed E-state index contributed by atoms with van der Waals surface area (Å²) >= 11 is 1.66. The van der Waals surface area contributed by atoms with Gasteiger partial charge in [-0.25, -0.2) is 0 Å². The maximum Gasteiger partial charge on any atom is 0.242 e. The number of carbonyl (C=O) groups is 2. The summed E-state index contributed by atoms with van der Waals surface area (Å²) < 4.78 is 10.8. The van der Waals surface area contributed by atoms with Crippen molar-refractivity contribution in [1.82, 2.24) is 9.80 Å². The predicted octanol–water partition coefficient (Wildman–Crippen LogP) is 5.32. The van der Waals surface area contributed by atoms with Crippen molar-refractivity contribution in [1.29, 1.82) is 0 Å². The molecule has 1 heterocycles. The summed E-state index contributed by atoms with van der Waals surface area (Å²) in [6.07, 6.45) is 2.99. The molecule has 0 saturated carbocycles. The van der Waals surface area contributed by atoms with Gasteiger partial charge < -0.3 is 19.3 Å². The quantitative estimate of drug-likeness (QED) is 0.361. The normalized spacial score (nSPS) is 10.9. The highest BCUT2D eigenvalue weighted by molar-refractivity contribution is 7.10. The van der Waals surface area contributed by atoms with Crippen LogP contribution >= 0.6 is 11.3 Å². The SMILES string of the molecule is CCCCC(=O)N(CC(=O)N(CCc1ccc(OC)c(OC)c1)Cc1sccc1C)CC(C)C. The van der Waals surface area contributed by atoms with E-state index in [4.69, 9.17) is 9.47 Å². The first-order valence-electron chi connectivity index (χ1n) is 12.1. The number of aryl methyl sites for hydroxylation is 1. The molecule has 0 bridgehead atoms. The maximum atomic E-state index is 13.5. The van der Waals surface area contributed by atoms with Crippen LogP contribution in [0.15, 0.2) is 29.6 Å². The fourth-order valence-electron chi connectivity index (χ4n) is 3.78. The Morgan fingerprint density at radius 1 is 1.03 bits per heavy atom. The van der Waals surface area contributed by atoms with Gasteiger partial charge >= 0.3 is 0 Å². The van der Waals surface area contributed by atoms with Crippen molar-refractivity contribution in [2.24, 2.45) is 5.92 Å². The van der Waals surface area contributed by atoms with E-state index in [9.17, 15) is 9.59 Å². The number of hydrogen-bond acceptors (Lipinski definition) is 5. The van der Waals surface area contributed by atoms with Gasteiger partial charge in [-0.15, -0.1) is 11.3 Å². The van der Waals surface area contributed by atoms with Crippen molar-refractivity contribution in [3.63, 3.8) is 0 Å². The minimum atomic E-state index is -0.0150. The Bertz CT molecular complexity index is 925. The average molecular weight is 489 g/mol. The molecule has 0 saturated heterocycles. The van der Waals surface area contributed by atoms with Crippen molar-refractivity contribution >= 4 is 23.2 Å². The third-order valence-electron chi connectivity index (χ3n) is 5.78. The summed E-state index contributed by atoms with van der Waals surface area (Å²) in [5.74, 6) is 1.72. The van der Waals surface area contributed by atoms with Crippen LogP contribution in [0.1, 0.15) is 56.0 Å². The topological polar surface area (TPSA) is 59.1 Å². The molecule has 2 rings (SSSR count). The lowest BCUT2D eigenvalue weighted by atomic mass is 10.1. The third-order valence-corrected chi connectivity index (χ3v) is 6.79. The van der Waals surface area contributed by atoms with E-state index in [0.29, 0.717) is 49.9 Å². The van der Waals surface area contributed by atoms with Gasteiger partial charge in [-0.1, -0.05) is 33.3 Å². The van der Waals surface area contributed by atoms with Crippen LogP contribution in [-0.2, 0) is 22.6 Å². The van der Waals surface area contributed by atoms with Gasteiger partial charge in [0.1, 0.15) is 0 Å². The Morgan fingerprint density at radius 3 is 2.35 bits per heavy atom. The Hall–Kier alpha value is -2.54. The van der Waals surface area contributed by atoms with Crippen LogP contribution < -0.4 is 9.47 Å². The molecule has 2 aromatic rings. The highest BCUT2D eigenvalue weighted by atomic mass is 32.1. The number of rotatable bonds is 14. The fraction of sp³-hybridized carbons (Fsp3) is 0.556. The van der Waals surface area contributed by atoms with Gasteiger partial charge in [0.2, 0.25) is 11.8 Å². The van der Waals surface area contributed by atoms with E-state index in [-0.39, 0.29) is 18.4 Å². The zero-order chi connectivity index (χ0) is 25.1. The molecule has 0 atom stereocenters. The molecule has 0 spiro atoms. The van der Waals surface area contributed by atoms with Crippen molar-refractivity contribution < 1.29 is 19.1 Å². The number of methoxy groups -OCH3 is 2. The molecule has 6 nitrogen and oxygen atoms in total. The molecule has 188 valence electrons. The van der Waals surface area contributed by atoms with Crippen LogP contribution in [0.2, 0.25) is 0 Å². The van der Waals surface area contributed by atoms with Crippen LogP contribution in [0, 0.1) is 12.8 Å².